The maximum absolute atomic E-state index is 12.5. The van der Waals surface area contributed by atoms with Gasteiger partial charge in [-0.05, 0) is 63.2 Å². The summed E-state index contributed by atoms with van der Waals surface area (Å²) in [5.74, 6) is 1.44. The molecule has 1 aromatic heterocycles. The molecule has 168 valence electrons. The number of hydrogen-bond acceptors (Lipinski definition) is 7. The Labute approximate surface area is 187 Å². The lowest BCUT2D eigenvalue weighted by Gasteiger charge is -2.30. The molecule has 0 radical (unpaired) electrons. The number of nitrogens with zero attached hydrogens (tertiary/aromatic N) is 4. The van der Waals surface area contributed by atoms with Crippen molar-refractivity contribution in [3.05, 3.63) is 35.2 Å². The first-order valence-electron chi connectivity index (χ1n) is 11.1. The summed E-state index contributed by atoms with van der Waals surface area (Å²) < 4.78 is 10.8. The number of nitrogens with one attached hydrogen (secondary N) is 1. The van der Waals surface area contributed by atoms with E-state index in [1.54, 1.807) is 0 Å². The minimum atomic E-state index is 0.0898. The van der Waals surface area contributed by atoms with Gasteiger partial charge in [0.2, 0.25) is 17.6 Å². The summed E-state index contributed by atoms with van der Waals surface area (Å²) in [5.41, 5.74) is 0.878. The lowest BCUT2D eigenvalue weighted by molar-refractivity contribution is -0.126. The molecule has 3 heterocycles. The average Bonchev–Trinajstić information content (AvgIpc) is 3.27. The Balaban J connectivity index is 1.15. The lowest BCUT2D eigenvalue weighted by atomic mass is 9.96. The number of morpholine rings is 1. The van der Waals surface area contributed by atoms with Gasteiger partial charge in [-0.3, -0.25) is 14.6 Å². The minimum absolute atomic E-state index is 0.0898. The van der Waals surface area contributed by atoms with Crippen LogP contribution in [0.3, 0.4) is 0 Å². The number of ether oxygens (including phenoxy) is 1. The molecule has 2 saturated heterocycles. The Morgan fingerprint density at radius 2 is 1.84 bits per heavy atom. The number of carbonyl (C=O) groups is 1. The standard InChI is InChI=1S/C22H30ClN5O3/c23-19-4-2-17(3-5-19)21-25-20(31-26-21)16-28-10-6-18(7-11-28)22(29)24-8-1-9-27-12-14-30-15-13-27/h2-5,18H,1,6-16H2,(H,24,29). The van der Waals surface area contributed by atoms with E-state index >= 15 is 0 Å². The predicted molar refractivity (Wildman–Crippen MR) is 118 cm³/mol. The molecule has 31 heavy (non-hydrogen) atoms. The van der Waals surface area contributed by atoms with Gasteiger partial charge in [-0.25, -0.2) is 0 Å². The van der Waals surface area contributed by atoms with E-state index in [0.717, 1.165) is 77.3 Å². The Morgan fingerprint density at radius 1 is 1.10 bits per heavy atom. The number of hydrogen-bond donors (Lipinski definition) is 1. The Bertz CT molecular complexity index is 830. The fourth-order valence-electron chi connectivity index (χ4n) is 4.06. The number of likely N-dealkylation sites (tertiary alicyclic amines) is 1. The second-order valence-corrected chi connectivity index (χ2v) is 8.60. The maximum atomic E-state index is 12.5. The van der Waals surface area contributed by atoms with Crippen LogP contribution >= 0.6 is 11.6 Å². The number of aromatic nitrogens is 2. The van der Waals surface area contributed by atoms with Crippen LogP contribution in [-0.2, 0) is 16.1 Å². The van der Waals surface area contributed by atoms with Crippen LogP contribution < -0.4 is 5.32 Å². The molecule has 0 saturated carbocycles. The molecule has 0 spiro atoms. The number of benzene rings is 1. The molecule has 0 atom stereocenters. The Hall–Kier alpha value is -2.00. The van der Waals surface area contributed by atoms with E-state index in [1.807, 2.05) is 24.3 Å². The van der Waals surface area contributed by atoms with E-state index in [-0.39, 0.29) is 11.8 Å². The number of rotatable bonds is 8. The van der Waals surface area contributed by atoms with Gasteiger partial charge in [0.25, 0.3) is 0 Å². The molecule has 2 aliphatic heterocycles. The molecule has 2 fully saturated rings. The van der Waals surface area contributed by atoms with Crippen LogP contribution in [0.15, 0.2) is 28.8 Å². The summed E-state index contributed by atoms with van der Waals surface area (Å²) in [4.78, 5) is 21.6. The van der Waals surface area contributed by atoms with Gasteiger partial charge in [-0.2, -0.15) is 4.98 Å². The molecular weight excluding hydrogens is 418 g/mol. The third-order valence-corrected chi connectivity index (χ3v) is 6.19. The monoisotopic (exact) mass is 447 g/mol. The molecule has 8 nitrogen and oxygen atoms in total. The lowest BCUT2D eigenvalue weighted by Crippen LogP contribution is -2.41. The van der Waals surface area contributed by atoms with Crippen molar-refractivity contribution in [1.82, 2.24) is 25.3 Å². The topological polar surface area (TPSA) is 83.7 Å². The largest absolute Gasteiger partial charge is 0.379 e. The van der Waals surface area contributed by atoms with Crippen LogP contribution in [-0.4, -0.2) is 78.3 Å². The fourth-order valence-corrected chi connectivity index (χ4v) is 4.19. The van der Waals surface area contributed by atoms with Gasteiger partial charge in [-0.1, -0.05) is 16.8 Å². The van der Waals surface area contributed by atoms with Crippen molar-refractivity contribution in [2.24, 2.45) is 5.92 Å². The normalized spacial score (nSPS) is 18.9. The molecule has 0 unspecified atom stereocenters. The van der Waals surface area contributed by atoms with Crippen molar-refractivity contribution in [3.63, 3.8) is 0 Å². The van der Waals surface area contributed by atoms with Crippen LogP contribution in [0.5, 0.6) is 0 Å². The smallest absolute Gasteiger partial charge is 0.241 e. The van der Waals surface area contributed by atoms with E-state index in [9.17, 15) is 4.79 Å². The highest BCUT2D eigenvalue weighted by Crippen LogP contribution is 2.21. The van der Waals surface area contributed by atoms with Crippen molar-refractivity contribution in [3.8, 4) is 11.4 Å². The van der Waals surface area contributed by atoms with Crippen molar-refractivity contribution in [2.75, 3.05) is 52.5 Å². The Morgan fingerprint density at radius 3 is 2.58 bits per heavy atom. The highest BCUT2D eigenvalue weighted by atomic mass is 35.5. The third-order valence-electron chi connectivity index (χ3n) is 5.94. The molecule has 1 N–H and O–H groups in total. The van der Waals surface area contributed by atoms with Crippen LogP contribution in [0.2, 0.25) is 5.02 Å². The second-order valence-electron chi connectivity index (χ2n) is 8.17. The van der Waals surface area contributed by atoms with E-state index in [0.29, 0.717) is 23.3 Å². The second kappa shape index (κ2) is 11.0. The first kappa shape index (κ1) is 22.2. The molecular formula is C22H30ClN5O3. The zero-order chi connectivity index (χ0) is 21.5. The van der Waals surface area contributed by atoms with Gasteiger partial charge in [0.05, 0.1) is 19.8 Å². The van der Waals surface area contributed by atoms with Crippen LogP contribution in [0.4, 0.5) is 0 Å². The van der Waals surface area contributed by atoms with Gasteiger partial charge < -0.3 is 14.6 Å². The summed E-state index contributed by atoms with van der Waals surface area (Å²) in [6.07, 6.45) is 2.69. The van der Waals surface area contributed by atoms with Gasteiger partial charge >= 0.3 is 0 Å². The molecule has 2 aromatic rings. The Kier molecular flexibility index (Phi) is 7.91. The van der Waals surface area contributed by atoms with Gasteiger partial charge in [-0.15, -0.1) is 0 Å². The van der Waals surface area contributed by atoms with Gasteiger partial charge in [0.15, 0.2) is 0 Å². The quantitative estimate of drug-likeness (QED) is 0.622. The zero-order valence-corrected chi connectivity index (χ0v) is 18.5. The van der Waals surface area contributed by atoms with E-state index in [2.05, 4.69) is 25.3 Å². The van der Waals surface area contributed by atoms with Crippen molar-refractivity contribution in [2.45, 2.75) is 25.8 Å². The summed E-state index contributed by atoms with van der Waals surface area (Å²) in [6, 6.07) is 7.38. The fraction of sp³-hybridized carbons (Fsp3) is 0.591. The third kappa shape index (κ3) is 6.49. The van der Waals surface area contributed by atoms with E-state index in [4.69, 9.17) is 20.9 Å². The average molecular weight is 448 g/mol. The SMILES string of the molecule is O=C(NCCCN1CCOCC1)C1CCN(Cc2nc(-c3ccc(Cl)cc3)no2)CC1. The minimum Gasteiger partial charge on any atom is -0.379 e. The molecule has 1 aromatic carbocycles. The summed E-state index contributed by atoms with van der Waals surface area (Å²) in [7, 11) is 0. The first-order chi connectivity index (χ1) is 15.2. The number of carbonyl (C=O) groups excluding carboxylic acids is 1. The van der Waals surface area contributed by atoms with Crippen molar-refractivity contribution >= 4 is 17.5 Å². The molecule has 2 aliphatic rings. The highest BCUT2D eigenvalue weighted by molar-refractivity contribution is 6.30. The summed E-state index contributed by atoms with van der Waals surface area (Å²) in [5, 5.41) is 7.86. The molecule has 9 heteroatoms. The molecule has 0 aliphatic carbocycles. The molecule has 4 rings (SSSR count). The van der Waals surface area contributed by atoms with Gasteiger partial charge in [0, 0.05) is 36.1 Å². The summed E-state index contributed by atoms with van der Waals surface area (Å²) in [6.45, 7) is 7.69. The van der Waals surface area contributed by atoms with E-state index in [1.165, 1.54) is 0 Å². The maximum Gasteiger partial charge on any atom is 0.241 e. The highest BCUT2D eigenvalue weighted by Gasteiger charge is 2.26. The van der Waals surface area contributed by atoms with E-state index < -0.39 is 0 Å². The van der Waals surface area contributed by atoms with Crippen LogP contribution in [0.25, 0.3) is 11.4 Å². The number of halogens is 1. The molecule has 0 bridgehead atoms. The first-order valence-corrected chi connectivity index (χ1v) is 11.4. The van der Waals surface area contributed by atoms with Crippen LogP contribution in [0.1, 0.15) is 25.2 Å². The summed E-state index contributed by atoms with van der Waals surface area (Å²) >= 11 is 5.93. The number of amides is 1. The predicted octanol–water partition coefficient (Wildman–Crippen LogP) is 2.44. The zero-order valence-electron chi connectivity index (χ0n) is 17.8. The van der Waals surface area contributed by atoms with Crippen molar-refractivity contribution in [1.29, 1.82) is 0 Å². The number of piperidine rings is 1. The van der Waals surface area contributed by atoms with Gasteiger partial charge in [0.1, 0.15) is 0 Å². The molecule has 1 amide bonds. The van der Waals surface area contributed by atoms with Crippen LogP contribution in [0, 0.1) is 5.92 Å². The van der Waals surface area contributed by atoms with Crippen molar-refractivity contribution < 1.29 is 14.1 Å².